The second-order valence-corrected chi connectivity index (χ2v) is 19.6. The number of carbonyl (C=O) groups excluding carboxylic acids is 3. The number of esters is 2. The third kappa shape index (κ3) is 6.46. The van der Waals surface area contributed by atoms with Crippen LogP contribution in [0.2, 0.25) is 0 Å². The van der Waals surface area contributed by atoms with Gasteiger partial charge in [0.15, 0.2) is 5.60 Å². The smallest absolute Gasteiger partial charge is 0.322 e. The lowest BCUT2D eigenvalue weighted by Crippen LogP contribution is -2.81. The first-order chi connectivity index (χ1) is 30.6. The van der Waals surface area contributed by atoms with Gasteiger partial charge in [-0.25, -0.2) is 0 Å². The van der Waals surface area contributed by atoms with Gasteiger partial charge in [-0.3, -0.25) is 24.2 Å². The van der Waals surface area contributed by atoms with Gasteiger partial charge in [-0.05, 0) is 86.7 Å². The molecule has 0 radical (unpaired) electrons. The van der Waals surface area contributed by atoms with Gasteiger partial charge in [0.25, 0.3) is 5.91 Å². The topological polar surface area (TPSA) is 203 Å². The van der Waals surface area contributed by atoms with Crippen LogP contribution in [0.3, 0.4) is 0 Å². The number of nitrogens with zero attached hydrogens (tertiary/aromatic N) is 3. The molecule has 7 N–H and O–H groups in total. The number of piperidine rings is 1. The van der Waals surface area contributed by atoms with Gasteiger partial charge in [0, 0.05) is 90.9 Å². The van der Waals surface area contributed by atoms with Crippen LogP contribution < -0.4 is 20.7 Å². The van der Waals surface area contributed by atoms with E-state index >= 15 is 0 Å². The summed E-state index contributed by atoms with van der Waals surface area (Å²) in [4.78, 5) is 52.0. The molecule has 12 atom stereocenters. The molecule has 1 spiro atoms. The number of fused-ring (bicyclic) bond motifs is 6. The van der Waals surface area contributed by atoms with Crippen LogP contribution >= 0.6 is 0 Å². The van der Waals surface area contributed by atoms with Gasteiger partial charge in [-0.2, -0.15) is 0 Å². The van der Waals surface area contributed by atoms with Crippen molar-refractivity contribution in [2.75, 3.05) is 72.0 Å². The highest BCUT2D eigenvalue weighted by molar-refractivity contribution is 5.91. The van der Waals surface area contributed by atoms with Crippen LogP contribution in [0.15, 0.2) is 48.6 Å². The Hall–Kier alpha value is -4.51. The number of rotatable bonds is 11. The van der Waals surface area contributed by atoms with Crippen molar-refractivity contribution in [1.82, 2.24) is 20.1 Å². The van der Waals surface area contributed by atoms with E-state index in [0.29, 0.717) is 70.6 Å². The summed E-state index contributed by atoms with van der Waals surface area (Å²) in [6, 6.07) is 10.3. The molecular weight excluding hydrogens is 817 g/mol. The Labute approximate surface area is 375 Å². The number of benzene rings is 2. The van der Waals surface area contributed by atoms with Crippen molar-refractivity contribution in [2.24, 2.45) is 17.1 Å². The quantitative estimate of drug-likeness (QED) is 0.0934. The van der Waals surface area contributed by atoms with E-state index in [1.54, 1.807) is 14.0 Å². The number of aliphatic hydroxyl groups excluding tert-OH is 1. The SMILES string of the molecule is CCC1(O)CC2C[N@](CCc3c([nH]c4ccccc34)[C@H](C(=O)OC)C2c2cc3c(cc2OC)N(C)C2[C@]34CCN3CC=C[C@](CC)(C34)[C@@H](O)[C@]2(O)C(=O)NCCCOC(=O)C(C)N)C1. The molecule has 6 unspecified atom stereocenters. The van der Waals surface area contributed by atoms with Crippen LogP contribution in [-0.4, -0.2) is 151 Å². The molecule has 346 valence electrons. The third-order valence-electron chi connectivity index (χ3n) is 16.4. The number of nitrogens with two attached hydrogens (primary N) is 1. The maximum atomic E-state index is 14.8. The molecule has 3 fully saturated rings. The van der Waals surface area contributed by atoms with Gasteiger partial charge in [0.2, 0.25) is 0 Å². The average molecular weight is 883 g/mol. The highest BCUT2D eigenvalue weighted by Crippen LogP contribution is 2.67. The van der Waals surface area contributed by atoms with Crippen molar-refractivity contribution >= 4 is 34.4 Å². The van der Waals surface area contributed by atoms with Crippen molar-refractivity contribution in [2.45, 2.75) is 112 Å². The number of aliphatic hydroxyl groups is 3. The van der Waals surface area contributed by atoms with E-state index < -0.39 is 63.9 Å². The lowest BCUT2D eigenvalue weighted by Gasteiger charge is -2.63. The molecule has 9 rings (SSSR count). The van der Waals surface area contributed by atoms with Gasteiger partial charge in [-0.15, -0.1) is 0 Å². The number of anilines is 1. The minimum atomic E-state index is -2.30. The number of hydrogen-bond donors (Lipinski definition) is 6. The Bertz CT molecular complexity index is 2350. The summed E-state index contributed by atoms with van der Waals surface area (Å²) in [7, 11) is 4.94. The number of hydrogen-bond acceptors (Lipinski definition) is 13. The summed E-state index contributed by atoms with van der Waals surface area (Å²) < 4.78 is 17.4. The second kappa shape index (κ2) is 16.4. The number of likely N-dealkylation sites (N-methyl/N-ethyl adjacent to an activating group) is 1. The number of carbonyl (C=O) groups is 3. The van der Waals surface area contributed by atoms with E-state index in [1.807, 2.05) is 62.2 Å². The number of amides is 1. The molecule has 1 aliphatic carbocycles. The zero-order valence-electron chi connectivity index (χ0n) is 38.1. The molecule has 15 heteroatoms. The molecule has 15 nitrogen and oxygen atoms in total. The van der Waals surface area contributed by atoms with Crippen LogP contribution in [0.4, 0.5) is 5.69 Å². The lowest BCUT2D eigenvalue weighted by molar-refractivity contribution is -0.203. The highest BCUT2D eigenvalue weighted by atomic mass is 16.5. The fourth-order valence-electron chi connectivity index (χ4n) is 13.7. The molecule has 1 aromatic heterocycles. The van der Waals surface area contributed by atoms with Crippen molar-refractivity contribution in [3.8, 4) is 5.75 Å². The standard InChI is InChI=1S/C49H66N6O9/c1-7-46(60)25-29-26-54(27-46)20-15-31-30-13-9-10-14-34(30)52-39(31)38(41(57)63-6)37(29)32-23-33-35(24-36(32)62-5)53(4)43-48(33)17-21-55-19-11-16-47(8-2,42(48)55)44(58)49(43,61)45(59)51-18-12-22-64-40(56)28(3)50/h9-11,13-14,16,23-24,28-29,37-38,42-44,52,58,60-61H,7-8,12,15,17-22,25-27,50H2,1-6H3,(H,51,59)/t28?,29?,37?,38-,42?,43?,44-,46?,47-,48-,49+/m1/s1. The first-order valence-electron chi connectivity index (χ1n) is 23.2. The fourth-order valence-corrected chi connectivity index (χ4v) is 13.7. The van der Waals surface area contributed by atoms with Gasteiger partial charge in [0.1, 0.15) is 23.8 Å². The molecule has 2 aromatic carbocycles. The van der Waals surface area contributed by atoms with E-state index in [2.05, 4.69) is 32.2 Å². The van der Waals surface area contributed by atoms with Crippen LogP contribution in [0.25, 0.3) is 10.9 Å². The predicted octanol–water partition coefficient (Wildman–Crippen LogP) is 2.84. The number of methoxy groups -OCH3 is 2. The van der Waals surface area contributed by atoms with E-state index in [-0.39, 0.29) is 37.5 Å². The minimum absolute atomic E-state index is 0.0315. The number of ether oxygens (including phenoxy) is 3. The molecule has 2 saturated heterocycles. The second-order valence-electron chi connectivity index (χ2n) is 19.6. The number of nitrogens with one attached hydrogen (secondary N) is 2. The first-order valence-corrected chi connectivity index (χ1v) is 23.2. The number of aromatic amines is 1. The summed E-state index contributed by atoms with van der Waals surface area (Å²) in [5, 5.41) is 42.4. The molecule has 1 saturated carbocycles. The molecule has 1 amide bonds. The molecule has 5 aliphatic heterocycles. The number of aromatic nitrogens is 1. The van der Waals surface area contributed by atoms with Crippen molar-refractivity contribution < 1.29 is 43.9 Å². The van der Waals surface area contributed by atoms with Crippen LogP contribution in [0.1, 0.15) is 87.1 Å². The monoisotopic (exact) mass is 882 g/mol. The number of para-hydroxylation sites is 1. The lowest BCUT2D eigenvalue weighted by atomic mass is 9.47. The van der Waals surface area contributed by atoms with Gasteiger partial charge in [-0.1, -0.05) is 44.2 Å². The van der Waals surface area contributed by atoms with Crippen molar-refractivity contribution in [3.05, 3.63) is 70.9 Å². The maximum absolute atomic E-state index is 14.8. The van der Waals surface area contributed by atoms with Crippen molar-refractivity contribution in [3.63, 3.8) is 0 Å². The Balaban J connectivity index is 1.23. The Morgan fingerprint density at radius 3 is 2.58 bits per heavy atom. The minimum Gasteiger partial charge on any atom is -0.496 e. The summed E-state index contributed by atoms with van der Waals surface area (Å²) in [6.07, 6.45) is 5.60. The van der Waals surface area contributed by atoms with Crippen LogP contribution in [-0.2, 0) is 35.7 Å². The van der Waals surface area contributed by atoms with E-state index in [1.165, 1.54) is 7.11 Å². The number of H-pyrrole nitrogens is 1. The predicted molar refractivity (Wildman–Crippen MR) is 241 cm³/mol. The normalized spacial score (nSPS) is 35.5. The largest absolute Gasteiger partial charge is 0.496 e. The average Bonchev–Trinajstić information content (AvgIpc) is 3.95. The summed E-state index contributed by atoms with van der Waals surface area (Å²) in [5.41, 5.74) is 5.76. The molecule has 6 aliphatic rings. The summed E-state index contributed by atoms with van der Waals surface area (Å²) in [6.45, 7) is 8.89. The Morgan fingerprint density at radius 1 is 1.08 bits per heavy atom. The third-order valence-corrected chi connectivity index (χ3v) is 16.4. The Kier molecular flexibility index (Phi) is 11.5. The zero-order chi connectivity index (χ0) is 45.5. The highest BCUT2D eigenvalue weighted by Gasteiger charge is 2.78. The summed E-state index contributed by atoms with van der Waals surface area (Å²) >= 11 is 0. The Morgan fingerprint density at radius 2 is 1.86 bits per heavy atom. The molecule has 2 bridgehead atoms. The van der Waals surface area contributed by atoms with Gasteiger partial charge in [0.05, 0.1) is 32.5 Å². The van der Waals surface area contributed by atoms with Crippen molar-refractivity contribution in [1.29, 1.82) is 0 Å². The zero-order valence-corrected chi connectivity index (χ0v) is 38.1. The van der Waals surface area contributed by atoms with E-state index in [0.717, 1.165) is 39.0 Å². The molecule has 6 heterocycles. The molecular formula is C49H66N6O9. The van der Waals surface area contributed by atoms with Gasteiger partial charge < -0.3 is 50.5 Å². The maximum Gasteiger partial charge on any atom is 0.322 e. The van der Waals surface area contributed by atoms with E-state index in [9.17, 15) is 29.7 Å². The van der Waals surface area contributed by atoms with Gasteiger partial charge >= 0.3 is 11.9 Å². The van der Waals surface area contributed by atoms with Crippen LogP contribution in [0, 0.1) is 11.3 Å². The fraction of sp³-hybridized carbons (Fsp3) is 0.612. The first kappa shape index (κ1) is 44.7. The molecule has 3 aromatic rings. The van der Waals surface area contributed by atoms with E-state index in [4.69, 9.17) is 19.9 Å². The molecule has 64 heavy (non-hydrogen) atoms. The van der Waals surface area contributed by atoms with Crippen LogP contribution in [0.5, 0.6) is 5.75 Å². The summed E-state index contributed by atoms with van der Waals surface area (Å²) in [5.74, 6) is -2.64.